The topological polar surface area (TPSA) is 158 Å². The van der Waals surface area contributed by atoms with Crippen LogP contribution in [0, 0.1) is 0 Å². The van der Waals surface area contributed by atoms with Crippen LogP contribution >= 0.6 is 0 Å². The lowest BCUT2D eigenvalue weighted by Gasteiger charge is -2.25. The number of hydrogen-bond donors (Lipinski definition) is 6. The molecule has 0 aliphatic heterocycles. The average Bonchev–Trinajstić information content (AvgIpc) is 2.80. The monoisotopic (exact) mass is 500 g/mol. The average molecular weight is 500 g/mol. The number of hydrogen-bond acceptors (Lipinski definition) is 9. The van der Waals surface area contributed by atoms with Crippen LogP contribution in [0.25, 0.3) is 0 Å². The fourth-order valence-electron chi connectivity index (χ4n) is 3.49. The maximum Gasteiger partial charge on any atom is 0.488 e. The van der Waals surface area contributed by atoms with Crippen molar-refractivity contribution >= 4 is 37.2 Å². The molecule has 0 heterocycles. The first kappa shape index (κ1) is 29.3. The highest BCUT2D eigenvalue weighted by molar-refractivity contribution is 6.58. The lowest BCUT2D eigenvalue weighted by molar-refractivity contribution is -0.143. The van der Waals surface area contributed by atoms with Crippen LogP contribution in [0.1, 0.15) is 31.9 Å². The maximum absolute atomic E-state index is 12.5. The number of methoxy groups -OCH3 is 1. The van der Waals surface area contributed by atoms with E-state index >= 15 is 0 Å². The van der Waals surface area contributed by atoms with E-state index in [2.05, 4.69) is 10.6 Å². The van der Waals surface area contributed by atoms with E-state index in [1.54, 1.807) is 69.3 Å². The van der Waals surface area contributed by atoms with E-state index in [1.165, 1.54) is 7.11 Å². The van der Waals surface area contributed by atoms with Gasteiger partial charge < -0.3 is 40.2 Å². The first-order valence-corrected chi connectivity index (χ1v) is 11.6. The van der Waals surface area contributed by atoms with Gasteiger partial charge in [0.1, 0.15) is 11.6 Å². The van der Waals surface area contributed by atoms with Gasteiger partial charge in [-0.15, -0.1) is 0 Å². The predicted octanol–water partition coefficient (Wildman–Crippen LogP) is -1.14. The van der Waals surface area contributed by atoms with Crippen LogP contribution in [-0.2, 0) is 27.1 Å². The Morgan fingerprint density at radius 1 is 0.861 bits per heavy atom. The molecule has 0 aliphatic carbocycles. The van der Waals surface area contributed by atoms with E-state index in [0.29, 0.717) is 17.3 Å². The van der Waals surface area contributed by atoms with Crippen molar-refractivity contribution in [3.63, 3.8) is 0 Å². The molecule has 2 rings (SSSR count). The minimum atomic E-state index is -1.58. The Bertz CT molecular complexity index is 979. The first-order chi connectivity index (χ1) is 16.9. The molecular weight excluding hydrogens is 466 g/mol. The van der Waals surface area contributed by atoms with Crippen LogP contribution in [0.5, 0.6) is 0 Å². The van der Waals surface area contributed by atoms with E-state index in [1.807, 2.05) is 0 Å². The summed E-state index contributed by atoms with van der Waals surface area (Å²) in [6.07, 6.45) is 0.0475. The Kier molecular flexibility index (Phi) is 10.9. The molecule has 0 bridgehead atoms. The molecule has 0 spiro atoms. The maximum atomic E-state index is 12.5. The fraction of sp³-hybridized carbons (Fsp3) is 0.417. The number of amides is 1. The highest BCUT2D eigenvalue weighted by atomic mass is 16.6. The number of carbonyl (C=O) groups excluding carboxylic acids is 2. The zero-order valence-electron chi connectivity index (χ0n) is 21.0. The van der Waals surface area contributed by atoms with Gasteiger partial charge in [0.25, 0.3) is 0 Å². The lowest BCUT2D eigenvalue weighted by Crippen LogP contribution is -2.50. The molecule has 36 heavy (non-hydrogen) atoms. The lowest BCUT2D eigenvalue weighted by atomic mass is 9.80. The Hall–Kier alpha value is -2.89. The predicted molar refractivity (Wildman–Crippen MR) is 137 cm³/mol. The van der Waals surface area contributed by atoms with Crippen molar-refractivity contribution < 1.29 is 39.2 Å². The summed E-state index contributed by atoms with van der Waals surface area (Å²) in [6.45, 7) is 5.48. The van der Waals surface area contributed by atoms with Gasteiger partial charge in [0.2, 0.25) is 0 Å². The van der Waals surface area contributed by atoms with Gasteiger partial charge in [-0.25, -0.2) is 4.79 Å². The molecule has 2 atom stereocenters. The van der Waals surface area contributed by atoms with E-state index in [0.717, 1.165) is 11.1 Å². The number of ether oxygens (including phenoxy) is 2. The number of carbonyl (C=O) groups is 2. The van der Waals surface area contributed by atoms with Gasteiger partial charge in [-0.1, -0.05) is 48.5 Å². The van der Waals surface area contributed by atoms with Crippen molar-refractivity contribution in [1.82, 2.24) is 10.6 Å². The van der Waals surface area contributed by atoms with Crippen LogP contribution in [0.15, 0.2) is 48.5 Å². The quantitative estimate of drug-likeness (QED) is 0.166. The minimum Gasteiger partial charge on any atom is -0.468 e. The molecule has 1 amide bonds. The molecule has 0 aromatic heterocycles. The van der Waals surface area contributed by atoms with Crippen molar-refractivity contribution in [3.8, 4) is 0 Å². The van der Waals surface area contributed by atoms with Crippen molar-refractivity contribution in [1.29, 1.82) is 0 Å². The molecule has 0 aliphatic rings. The molecule has 2 aromatic carbocycles. The Labute approximate surface area is 211 Å². The van der Waals surface area contributed by atoms with Gasteiger partial charge in [-0.3, -0.25) is 4.79 Å². The summed E-state index contributed by atoms with van der Waals surface area (Å²) in [5, 5.41) is 43.1. The molecule has 0 saturated heterocycles. The molecule has 0 fully saturated rings. The highest BCUT2D eigenvalue weighted by Crippen LogP contribution is 2.09. The minimum absolute atomic E-state index is 0.205. The molecule has 0 saturated carbocycles. The van der Waals surface area contributed by atoms with Crippen molar-refractivity contribution in [3.05, 3.63) is 59.7 Å². The Morgan fingerprint density at radius 2 is 1.33 bits per heavy atom. The standard InChI is InChI=1S/C24H34B2N2O8/c1-24(2,3)36-23(30)28-20(13-16-5-9-18(10-6-16)25(31)32)15-27-21(22(29)35-4)14-17-7-11-19(12-8-17)26(33)34/h5-12,20-21,27,31-34H,13-15H2,1-4H3,(H,28,30)/t20?,21-/m0/s1. The van der Waals surface area contributed by atoms with Crippen LogP contribution in [0.3, 0.4) is 0 Å². The third-order valence-corrected chi connectivity index (χ3v) is 5.29. The smallest absolute Gasteiger partial charge is 0.468 e. The van der Waals surface area contributed by atoms with Gasteiger partial charge >= 0.3 is 26.3 Å². The zero-order valence-corrected chi connectivity index (χ0v) is 21.0. The van der Waals surface area contributed by atoms with E-state index < -0.39 is 44.0 Å². The van der Waals surface area contributed by atoms with Gasteiger partial charge in [0, 0.05) is 12.6 Å². The Balaban J connectivity index is 2.15. The van der Waals surface area contributed by atoms with E-state index in [4.69, 9.17) is 9.47 Å². The number of esters is 1. The molecule has 0 radical (unpaired) electrons. The summed E-state index contributed by atoms with van der Waals surface area (Å²) in [6, 6.07) is 12.0. The Morgan fingerprint density at radius 3 is 1.75 bits per heavy atom. The summed E-state index contributed by atoms with van der Waals surface area (Å²) in [5.41, 5.74) is 1.60. The summed E-state index contributed by atoms with van der Waals surface area (Å²) >= 11 is 0. The van der Waals surface area contributed by atoms with E-state index in [-0.39, 0.29) is 13.0 Å². The second-order valence-electron chi connectivity index (χ2n) is 9.47. The van der Waals surface area contributed by atoms with Gasteiger partial charge in [-0.05, 0) is 55.7 Å². The summed E-state index contributed by atoms with van der Waals surface area (Å²) in [4.78, 5) is 24.9. The van der Waals surface area contributed by atoms with Crippen LogP contribution < -0.4 is 21.6 Å². The number of alkyl carbamates (subject to hydrolysis) is 1. The third kappa shape index (κ3) is 10.00. The van der Waals surface area contributed by atoms with Gasteiger partial charge in [0.05, 0.1) is 7.11 Å². The fourth-order valence-corrected chi connectivity index (χ4v) is 3.49. The first-order valence-electron chi connectivity index (χ1n) is 11.6. The number of rotatable bonds is 11. The van der Waals surface area contributed by atoms with Crippen LogP contribution in [0.4, 0.5) is 4.79 Å². The normalized spacial score (nSPS) is 12.9. The second-order valence-corrected chi connectivity index (χ2v) is 9.47. The van der Waals surface area contributed by atoms with E-state index in [9.17, 15) is 29.7 Å². The van der Waals surface area contributed by atoms with Crippen molar-refractivity contribution in [2.24, 2.45) is 0 Å². The molecule has 194 valence electrons. The molecule has 10 nitrogen and oxygen atoms in total. The van der Waals surface area contributed by atoms with Crippen molar-refractivity contribution in [2.75, 3.05) is 13.7 Å². The summed E-state index contributed by atoms with van der Waals surface area (Å²) < 4.78 is 10.3. The molecule has 2 aromatic rings. The summed E-state index contributed by atoms with van der Waals surface area (Å²) in [7, 11) is -1.87. The van der Waals surface area contributed by atoms with Crippen LogP contribution in [0.2, 0.25) is 0 Å². The largest absolute Gasteiger partial charge is 0.488 e. The zero-order chi connectivity index (χ0) is 26.9. The number of nitrogens with one attached hydrogen (secondary N) is 2. The number of benzene rings is 2. The second kappa shape index (κ2) is 13.4. The van der Waals surface area contributed by atoms with Crippen molar-refractivity contribution in [2.45, 2.75) is 51.3 Å². The van der Waals surface area contributed by atoms with Gasteiger partial charge in [0.15, 0.2) is 0 Å². The molecular formula is C24H34B2N2O8. The highest BCUT2D eigenvalue weighted by Gasteiger charge is 2.24. The molecule has 6 N–H and O–H groups in total. The van der Waals surface area contributed by atoms with Gasteiger partial charge in [-0.2, -0.15) is 0 Å². The van der Waals surface area contributed by atoms with Crippen LogP contribution in [-0.4, -0.2) is 77.7 Å². The summed E-state index contributed by atoms with van der Waals surface area (Å²) in [5.74, 6) is -0.487. The third-order valence-electron chi connectivity index (χ3n) is 5.29. The SMILES string of the molecule is COC(=O)[C@H](Cc1ccc(B(O)O)cc1)NCC(Cc1ccc(B(O)O)cc1)NC(=O)OC(C)(C)C. The molecule has 1 unspecified atom stereocenters. The molecule has 12 heteroatoms.